The highest BCUT2D eigenvalue weighted by Crippen LogP contribution is 2.40. The number of nitrogens with zero attached hydrogens (tertiary/aromatic N) is 3. The Morgan fingerprint density at radius 1 is 1.05 bits per heavy atom. The molecule has 0 radical (unpaired) electrons. The minimum Gasteiger partial charge on any atom is -0.493 e. The Kier molecular flexibility index (Phi) is 10.7. The van der Waals surface area contributed by atoms with Gasteiger partial charge < -0.3 is 24.1 Å². The van der Waals surface area contributed by atoms with Gasteiger partial charge in [0.1, 0.15) is 5.52 Å². The number of carbonyl (C=O) groups excluding carboxylic acids is 1. The van der Waals surface area contributed by atoms with E-state index in [2.05, 4.69) is 22.4 Å². The van der Waals surface area contributed by atoms with Crippen LogP contribution >= 0.6 is 0 Å². The summed E-state index contributed by atoms with van der Waals surface area (Å²) < 4.78 is 24.1. The van der Waals surface area contributed by atoms with Gasteiger partial charge in [-0.25, -0.2) is 4.68 Å². The van der Waals surface area contributed by atoms with Crippen LogP contribution in [0.25, 0.3) is 11.0 Å². The smallest absolute Gasteiger partial charge is 0.306 e. The van der Waals surface area contributed by atoms with Crippen molar-refractivity contribution in [3.63, 3.8) is 0 Å². The second kappa shape index (κ2) is 14.6. The number of fused-ring (bicyclic) bond motifs is 1. The summed E-state index contributed by atoms with van der Waals surface area (Å²) in [6.07, 6.45) is 1.95. The van der Waals surface area contributed by atoms with E-state index >= 15 is 0 Å². The predicted molar refractivity (Wildman–Crippen MR) is 156 cm³/mol. The highest BCUT2D eigenvalue weighted by Gasteiger charge is 2.25. The number of ether oxygens (including phenoxy) is 4. The molecule has 9 nitrogen and oxygen atoms in total. The third-order valence-electron chi connectivity index (χ3n) is 7.20. The van der Waals surface area contributed by atoms with E-state index in [1.807, 2.05) is 54.1 Å². The molecule has 0 aliphatic heterocycles. The molecule has 9 heteroatoms. The van der Waals surface area contributed by atoms with E-state index in [1.165, 1.54) is 12.7 Å². The Bertz CT molecular complexity index is 1410. The molecule has 1 aromatic heterocycles. The summed E-state index contributed by atoms with van der Waals surface area (Å²) in [4.78, 5) is 12.7. The molecule has 1 unspecified atom stereocenters. The van der Waals surface area contributed by atoms with Crippen molar-refractivity contribution in [2.75, 3.05) is 27.4 Å². The molecule has 0 saturated carbocycles. The van der Waals surface area contributed by atoms with Gasteiger partial charge in [-0.2, -0.15) is 0 Å². The third kappa shape index (κ3) is 7.23. The molecule has 0 saturated heterocycles. The van der Waals surface area contributed by atoms with E-state index in [9.17, 15) is 9.90 Å². The van der Waals surface area contributed by atoms with Gasteiger partial charge in [0.2, 0.25) is 0 Å². The van der Waals surface area contributed by atoms with Gasteiger partial charge in [-0.1, -0.05) is 41.6 Å². The fraction of sp³-hybridized carbons (Fsp3) is 0.406. The zero-order valence-corrected chi connectivity index (χ0v) is 24.3. The normalized spacial score (nSPS) is 11.9. The van der Waals surface area contributed by atoms with Crippen LogP contribution in [-0.2, 0) is 34.0 Å². The lowest BCUT2D eigenvalue weighted by molar-refractivity contribution is -0.143. The summed E-state index contributed by atoms with van der Waals surface area (Å²) in [5.74, 6) is 0.292. The number of carbonyl (C=O) groups is 1. The third-order valence-corrected chi connectivity index (χ3v) is 7.20. The SMILES string of the molecule is CCOC(=O)CC(c1cc(CO)c(OC)c(OC)c1)c1ccc2c(nnn2CCCCOCc2ccccc2)c1C. The van der Waals surface area contributed by atoms with E-state index in [0.29, 0.717) is 36.9 Å². The van der Waals surface area contributed by atoms with E-state index in [-0.39, 0.29) is 24.9 Å². The van der Waals surface area contributed by atoms with Gasteiger partial charge >= 0.3 is 5.97 Å². The number of benzene rings is 3. The molecule has 0 amide bonds. The summed E-state index contributed by atoms with van der Waals surface area (Å²) in [6.45, 7) is 5.87. The van der Waals surface area contributed by atoms with Crippen molar-refractivity contribution < 1.29 is 28.8 Å². The fourth-order valence-corrected chi connectivity index (χ4v) is 5.13. The average Bonchev–Trinajstić information content (AvgIpc) is 3.41. The zero-order chi connectivity index (χ0) is 29.2. The molecule has 1 N–H and O–H groups in total. The molecular formula is C32H39N3O6. The highest BCUT2D eigenvalue weighted by molar-refractivity contribution is 5.80. The molecule has 41 heavy (non-hydrogen) atoms. The summed E-state index contributed by atoms with van der Waals surface area (Å²) in [7, 11) is 3.08. The topological polar surface area (TPSA) is 105 Å². The Labute approximate surface area is 241 Å². The number of hydrogen-bond donors (Lipinski definition) is 1. The van der Waals surface area contributed by atoms with Gasteiger partial charge in [-0.3, -0.25) is 4.79 Å². The summed E-state index contributed by atoms with van der Waals surface area (Å²) in [5.41, 5.74) is 6.16. The Balaban J connectivity index is 1.54. The van der Waals surface area contributed by atoms with Crippen molar-refractivity contribution in [3.05, 3.63) is 82.4 Å². The quantitative estimate of drug-likeness (QED) is 0.153. The van der Waals surface area contributed by atoms with Gasteiger partial charge in [0.05, 0.1) is 46.0 Å². The first-order valence-corrected chi connectivity index (χ1v) is 14.0. The first-order chi connectivity index (χ1) is 20.0. The lowest BCUT2D eigenvalue weighted by Crippen LogP contribution is -2.14. The molecule has 1 atom stereocenters. The van der Waals surface area contributed by atoms with E-state index in [4.69, 9.17) is 18.9 Å². The largest absolute Gasteiger partial charge is 0.493 e. The predicted octanol–water partition coefficient (Wildman–Crippen LogP) is 5.33. The van der Waals surface area contributed by atoms with Crippen molar-refractivity contribution in [2.45, 2.75) is 58.8 Å². The lowest BCUT2D eigenvalue weighted by atomic mass is 9.84. The molecule has 0 fully saturated rings. The second-order valence-electron chi connectivity index (χ2n) is 9.84. The van der Waals surface area contributed by atoms with Crippen molar-refractivity contribution >= 4 is 17.0 Å². The van der Waals surface area contributed by atoms with Gasteiger partial charge in [-0.15, -0.1) is 5.10 Å². The van der Waals surface area contributed by atoms with Gasteiger partial charge in [0.25, 0.3) is 0 Å². The van der Waals surface area contributed by atoms with Crippen LogP contribution < -0.4 is 9.47 Å². The monoisotopic (exact) mass is 561 g/mol. The number of aliphatic hydroxyl groups excluding tert-OH is 1. The van der Waals surface area contributed by atoms with Crippen LogP contribution in [0.1, 0.15) is 59.9 Å². The molecule has 4 aromatic rings. The molecule has 1 heterocycles. The Morgan fingerprint density at radius 3 is 2.56 bits per heavy atom. The minimum absolute atomic E-state index is 0.123. The number of rotatable bonds is 15. The molecule has 3 aromatic carbocycles. The first kappa shape index (κ1) is 30.0. The number of aliphatic hydroxyl groups is 1. The molecule has 0 bridgehead atoms. The maximum Gasteiger partial charge on any atom is 0.306 e. The van der Waals surface area contributed by atoms with Crippen molar-refractivity contribution in [1.29, 1.82) is 0 Å². The van der Waals surface area contributed by atoms with Crippen LogP contribution in [0.2, 0.25) is 0 Å². The van der Waals surface area contributed by atoms with Crippen LogP contribution in [0.3, 0.4) is 0 Å². The van der Waals surface area contributed by atoms with Crippen LogP contribution in [0.15, 0.2) is 54.6 Å². The van der Waals surface area contributed by atoms with Gasteiger partial charge in [0.15, 0.2) is 11.5 Å². The Hall–Kier alpha value is -3.95. The van der Waals surface area contributed by atoms with Crippen LogP contribution in [0, 0.1) is 6.92 Å². The maximum absolute atomic E-state index is 12.7. The molecular weight excluding hydrogens is 522 g/mol. The first-order valence-electron chi connectivity index (χ1n) is 14.0. The molecule has 0 aliphatic carbocycles. The zero-order valence-electron chi connectivity index (χ0n) is 24.3. The number of unbranched alkanes of at least 4 members (excludes halogenated alkanes) is 1. The van der Waals surface area contributed by atoms with E-state index < -0.39 is 0 Å². The van der Waals surface area contributed by atoms with Crippen LogP contribution in [-0.4, -0.2) is 53.5 Å². The van der Waals surface area contributed by atoms with Crippen LogP contribution in [0.5, 0.6) is 11.5 Å². The van der Waals surface area contributed by atoms with E-state index in [1.54, 1.807) is 14.0 Å². The molecule has 0 spiro atoms. The minimum atomic E-state index is -0.351. The summed E-state index contributed by atoms with van der Waals surface area (Å²) in [6, 6.07) is 17.9. The van der Waals surface area contributed by atoms with Crippen molar-refractivity contribution in [3.8, 4) is 11.5 Å². The molecule has 218 valence electrons. The number of aromatic nitrogens is 3. The number of esters is 1. The lowest BCUT2D eigenvalue weighted by Gasteiger charge is -2.22. The molecule has 0 aliphatic rings. The Morgan fingerprint density at radius 2 is 1.85 bits per heavy atom. The van der Waals surface area contributed by atoms with E-state index in [0.717, 1.165) is 47.1 Å². The standard InChI is InChI=1S/C32H39N3O6/c1-5-41-30(37)19-27(24-17-25(20-36)32(39-4)29(18-24)38-3)26-13-14-28-31(22(26)2)33-34-35(28)15-9-10-16-40-21-23-11-7-6-8-12-23/h6-8,11-14,17-18,27,36H,5,9-10,15-16,19-21H2,1-4H3. The van der Waals surface area contributed by atoms with Gasteiger partial charge in [-0.05, 0) is 67.1 Å². The number of aryl methyl sites for hydroxylation is 2. The van der Waals surface area contributed by atoms with Crippen molar-refractivity contribution in [1.82, 2.24) is 15.0 Å². The van der Waals surface area contributed by atoms with Crippen molar-refractivity contribution in [2.24, 2.45) is 0 Å². The summed E-state index contributed by atoms with van der Waals surface area (Å²) >= 11 is 0. The summed E-state index contributed by atoms with van der Waals surface area (Å²) in [5, 5.41) is 19.0. The fourth-order valence-electron chi connectivity index (χ4n) is 5.13. The average molecular weight is 562 g/mol. The highest BCUT2D eigenvalue weighted by atomic mass is 16.5. The number of methoxy groups -OCH3 is 2. The number of hydrogen-bond acceptors (Lipinski definition) is 8. The second-order valence-corrected chi connectivity index (χ2v) is 9.84. The molecule has 4 rings (SSSR count). The maximum atomic E-state index is 12.7. The van der Waals surface area contributed by atoms with Crippen LogP contribution in [0.4, 0.5) is 0 Å². The van der Waals surface area contributed by atoms with Gasteiger partial charge in [0, 0.05) is 24.6 Å².